The maximum absolute atomic E-state index is 2.24. The third-order valence-corrected chi connectivity index (χ3v) is 2.23. The van der Waals surface area contributed by atoms with E-state index < -0.39 is 0 Å². The Morgan fingerprint density at radius 1 is 0.933 bits per heavy atom. The summed E-state index contributed by atoms with van der Waals surface area (Å²) >= 11 is 0. The molecule has 1 rings (SSSR count). The molecule has 0 aliphatic heterocycles. The molecule has 0 saturated heterocycles. The van der Waals surface area contributed by atoms with Crippen molar-refractivity contribution in [3.8, 4) is 0 Å². The van der Waals surface area contributed by atoms with Gasteiger partial charge in [0.15, 0.2) is 0 Å². The molecular weight excluding hydrogens is 180 g/mol. The van der Waals surface area contributed by atoms with E-state index in [1.54, 1.807) is 0 Å². The number of rotatable bonds is 1. The lowest BCUT2D eigenvalue weighted by atomic mass is 9.86. The van der Waals surface area contributed by atoms with Gasteiger partial charge in [-0.3, -0.25) is 0 Å². The molecule has 0 fully saturated rings. The Labute approximate surface area is 96.7 Å². The summed E-state index contributed by atoms with van der Waals surface area (Å²) in [6, 6.07) is 8.92. The van der Waals surface area contributed by atoms with Gasteiger partial charge in [-0.2, -0.15) is 0 Å². The maximum atomic E-state index is 2.24. The molecule has 0 spiro atoms. The molecule has 0 bridgehead atoms. The molecule has 0 saturated carbocycles. The highest BCUT2D eigenvalue weighted by molar-refractivity contribution is 5.27. The van der Waals surface area contributed by atoms with E-state index >= 15 is 0 Å². The van der Waals surface area contributed by atoms with Gasteiger partial charge in [0.25, 0.3) is 0 Å². The van der Waals surface area contributed by atoms with Crippen LogP contribution in [0.2, 0.25) is 0 Å². The van der Waals surface area contributed by atoms with Crippen molar-refractivity contribution in [2.75, 3.05) is 0 Å². The Morgan fingerprint density at radius 3 is 1.60 bits per heavy atom. The summed E-state index contributed by atoms with van der Waals surface area (Å²) in [5, 5.41) is 0. The summed E-state index contributed by atoms with van der Waals surface area (Å²) < 4.78 is 0. The van der Waals surface area contributed by atoms with Gasteiger partial charge in [0.1, 0.15) is 0 Å². The normalized spacial score (nSPS) is 9.73. The van der Waals surface area contributed by atoms with Crippen LogP contribution >= 0.6 is 0 Å². The lowest BCUT2D eigenvalue weighted by Gasteiger charge is -2.18. The van der Waals surface area contributed by atoms with Crippen molar-refractivity contribution in [1.29, 1.82) is 0 Å². The van der Waals surface area contributed by atoms with Crippen molar-refractivity contribution in [3.05, 3.63) is 35.4 Å². The first-order valence-corrected chi connectivity index (χ1v) is 5.63. The topological polar surface area (TPSA) is 0 Å². The van der Waals surface area contributed by atoms with Crippen LogP contribution in [0.1, 0.15) is 60.1 Å². The van der Waals surface area contributed by atoms with E-state index in [4.69, 9.17) is 0 Å². The lowest BCUT2D eigenvalue weighted by Crippen LogP contribution is -2.10. The van der Waals surface area contributed by atoms with Crippen LogP contribution in [0.4, 0.5) is 0 Å². The molecule has 0 radical (unpaired) electrons. The number of hydrogen-bond donors (Lipinski definition) is 0. The zero-order valence-electron chi connectivity index (χ0n) is 10.5. The van der Waals surface area contributed by atoms with Crippen LogP contribution < -0.4 is 0 Å². The van der Waals surface area contributed by atoms with Crippen LogP contribution in [0.5, 0.6) is 0 Å². The molecule has 0 N–H and O–H groups in total. The molecule has 0 atom stereocenters. The summed E-state index contributed by atoms with van der Waals surface area (Å²) in [4.78, 5) is 0. The minimum Gasteiger partial charge on any atom is -0.0776 e. The van der Waals surface area contributed by atoms with Gasteiger partial charge >= 0.3 is 0 Å². The molecule has 0 amide bonds. The van der Waals surface area contributed by atoms with E-state index in [1.165, 1.54) is 11.1 Å². The predicted octanol–water partition coefficient (Wildman–Crippen LogP) is 5.21. The SMILES string of the molecule is C.CC.CCc1ccc(C(C)(C)C)cc1. The van der Waals surface area contributed by atoms with Gasteiger partial charge in [0.2, 0.25) is 0 Å². The van der Waals surface area contributed by atoms with E-state index in [0.717, 1.165) is 6.42 Å². The Hall–Kier alpha value is -0.780. The van der Waals surface area contributed by atoms with Gasteiger partial charge in [-0.05, 0) is 23.0 Å². The summed E-state index contributed by atoms with van der Waals surface area (Å²) in [5.41, 5.74) is 3.12. The number of hydrogen-bond acceptors (Lipinski definition) is 0. The van der Waals surface area contributed by atoms with E-state index in [1.807, 2.05) is 13.8 Å². The lowest BCUT2D eigenvalue weighted by molar-refractivity contribution is 0.590. The van der Waals surface area contributed by atoms with Gasteiger partial charge in [-0.1, -0.05) is 73.2 Å². The molecule has 0 aliphatic carbocycles. The summed E-state index contributed by atoms with van der Waals surface area (Å²) in [5.74, 6) is 0. The summed E-state index contributed by atoms with van der Waals surface area (Å²) in [7, 11) is 0. The van der Waals surface area contributed by atoms with Crippen molar-refractivity contribution >= 4 is 0 Å². The first-order valence-electron chi connectivity index (χ1n) is 5.63. The van der Waals surface area contributed by atoms with Gasteiger partial charge in [0, 0.05) is 0 Å². The molecule has 88 valence electrons. The molecule has 0 heterocycles. The zero-order chi connectivity index (χ0) is 11.2. The van der Waals surface area contributed by atoms with Crippen LogP contribution in [0.3, 0.4) is 0 Å². The van der Waals surface area contributed by atoms with Crippen LogP contribution in [-0.2, 0) is 11.8 Å². The van der Waals surface area contributed by atoms with Gasteiger partial charge in [0.05, 0.1) is 0 Å². The number of benzene rings is 1. The Bertz CT molecular complexity index is 236. The minimum absolute atomic E-state index is 0. The van der Waals surface area contributed by atoms with Crippen molar-refractivity contribution in [2.24, 2.45) is 0 Å². The Kier molecular flexibility index (Phi) is 8.33. The van der Waals surface area contributed by atoms with E-state index in [2.05, 4.69) is 52.0 Å². The Morgan fingerprint density at radius 2 is 1.33 bits per heavy atom. The minimum atomic E-state index is 0. The molecule has 0 aliphatic rings. The summed E-state index contributed by atoms with van der Waals surface area (Å²) in [6.45, 7) is 12.9. The predicted molar refractivity (Wildman–Crippen MR) is 72.6 cm³/mol. The third kappa shape index (κ3) is 5.61. The van der Waals surface area contributed by atoms with E-state index in [-0.39, 0.29) is 12.8 Å². The second-order valence-corrected chi connectivity index (χ2v) is 4.30. The van der Waals surface area contributed by atoms with Crippen LogP contribution in [-0.4, -0.2) is 0 Å². The fourth-order valence-corrected chi connectivity index (χ4v) is 1.24. The zero-order valence-corrected chi connectivity index (χ0v) is 10.5. The van der Waals surface area contributed by atoms with E-state index in [9.17, 15) is 0 Å². The number of aryl methyl sites for hydroxylation is 1. The van der Waals surface area contributed by atoms with Crippen LogP contribution in [0, 0.1) is 0 Å². The average Bonchev–Trinajstić information content (AvgIpc) is 2.20. The molecule has 1 aromatic rings. The van der Waals surface area contributed by atoms with Crippen molar-refractivity contribution in [2.45, 2.75) is 60.8 Å². The second-order valence-electron chi connectivity index (χ2n) is 4.30. The van der Waals surface area contributed by atoms with Gasteiger partial charge in [-0.15, -0.1) is 0 Å². The smallest absolute Gasteiger partial charge is 0.0132 e. The standard InChI is InChI=1S/C12H18.C2H6.CH4/c1-5-10-6-8-11(9-7-10)12(2,3)4;1-2;/h6-9H,5H2,1-4H3;1-2H3;1H4. The van der Waals surface area contributed by atoms with Gasteiger partial charge in [-0.25, -0.2) is 0 Å². The first kappa shape index (κ1) is 16.6. The molecule has 0 unspecified atom stereocenters. The fraction of sp³-hybridized carbons (Fsp3) is 0.600. The van der Waals surface area contributed by atoms with Gasteiger partial charge < -0.3 is 0 Å². The highest BCUT2D eigenvalue weighted by Gasteiger charge is 2.12. The third-order valence-electron chi connectivity index (χ3n) is 2.23. The second kappa shape index (κ2) is 7.50. The largest absolute Gasteiger partial charge is 0.0776 e. The highest BCUT2D eigenvalue weighted by atomic mass is 14.2. The van der Waals surface area contributed by atoms with Crippen molar-refractivity contribution < 1.29 is 0 Å². The molecular formula is C15H28. The molecule has 1 aromatic carbocycles. The molecule has 15 heavy (non-hydrogen) atoms. The maximum Gasteiger partial charge on any atom is -0.0132 e. The first-order chi connectivity index (χ1) is 6.54. The van der Waals surface area contributed by atoms with Crippen LogP contribution in [0.15, 0.2) is 24.3 Å². The fourth-order valence-electron chi connectivity index (χ4n) is 1.24. The average molecular weight is 208 g/mol. The monoisotopic (exact) mass is 208 g/mol. The summed E-state index contributed by atoms with van der Waals surface area (Å²) in [6.07, 6.45) is 1.13. The Balaban J connectivity index is 0. The van der Waals surface area contributed by atoms with Crippen molar-refractivity contribution in [3.63, 3.8) is 0 Å². The quantitative estimate of drug-likeness (QED) is 0.594. The molecule has 0 nitrogen and oxygen atoms in total. The molecule has 0 aromatic heterocycles. The highest BCUT2D eigenvalue weighted by Crippen LogP contribution is 2.22. The van der Waals surface area contributed by atoms with Crippen molar-refractivity contribution in [1.82, 2.24) is 0 Å². The van der Waals surface area contributed by atoms with Crippen LogP contribution in [0.25, 0.3) is 0 Å². The van der Waals surface area contributed by atoms with E-state index in [0.29, 0.717) is 0 Å². The molecule has 0 heteroatoms.